The molecule has 0 spiro atoms. The number of aromatic amines is 1. The molecule has 3 aromatic carbocycles. The van der Waals surface area contributed by atoms with Crippen LogP contribution in [0.5, 0.6) is 23.0 Å². The van der Waals surface area contributed by atoms with Crippen LogP contribution < -0.4 is 67.9 Å². The molecule has 6 atom stereocenters. The number of nitrogens with two attached hydrogens (primary N) is 2. The van der Waals surface area contributed by atoms with Crippen molar-refractivity contribution in [3.05, 3.63) is 112 Å². The van der Waals surface area contributed by atoms with E-state index in [0.29, 0.717) is 96.8 Å². The Bertz CT molecular complexity index is 4990. The van der Waals surface area contributed by atoms with Crippen LogP contribution in [0.1, 0.15) is 121 Å². The van der Waals surface area contributed by atoms with Crippen LogP contribution in [0.3, 0.4) is 0 Å². The lowest BCUT2D eigenvalue weighted by molar-refractivity contribution is -0.142. The molecule has 7 heterocycles. The van der Waals surface area contributed by atoms with E-state index in [0.717, 1.165) is 34.2 Å². The standard InChI is InChI=1S/C85H111N17O25S3/c1-50-36-55-45-92-60-41-66(64(119-6)39-57(60)78(111)101(55)46-50)125-25-9-7-8-24-124-65-40-58(86)56(38-63(65)118-5)77(110)102-47-51(2)37-62(102)80-100(23-28-126-80)84(117)127-49-85(3,4)130-129-35-18-70(105)89-20-19-88-69(104)17-26-120-29-31-122-33-34-123-32-30-121-27-21-90-68(103)16-22-99-72(107)42-67(79(99)112)128-48-61(82(115)116)95-71(106)15-14-59(81(113)114)96-75(108)52-10-12-53(13-11-52)91-43-54-44-93-74-73(94-54)76(109)98-83(87)97-74/h10-13,38-41,44-45,55,59,61-62,67,80,91H,1-2,7-9,14-37,42-43,46-49,86H2,3-6H3,(H,88,104)(H,89,105)(H,90,103)(H,95,106)(H,96,108)(H,113,114)(H,115,116)(H3,87,93,97,98,109)/t55-,59-,61-,62-,67?,80?/m0/s1. The van der Waals surface area contributed by atoms with Crippen LogP contribution >= 0.6 is 33.3 Å². The molecular formula is C85H111N17O25S3. The molecule has 5 aromatic rings. The number of carboxylic acids is 2. The largest absolute Gasteiger partial charge is 0.493 e. The van der Waals surface area contributed by atoms with Crippen molar-refractivity contribution in [1.29, 1.82) is 0 Å². The lowest BCUT2D eigenvalue weighted by Crippen LogP contribution is -2.51. The van der Waals surface area contributed by atoms with Gasteiger partial charge < -0.3 is 111 Å². The van der Waals surface area contributed by atoms with E-state index in [2.05, 4.69) is 70.0 Å². The topological polar surface area (TPSA) is 559 Å². The van der Waals surface area contributed by atoms with E-state index in [9.17, 15) is 72.5 Å². The fraction of sp³-hybridized carbons (Fsp3) is 0.518. The molecule has 4 saturated heterocycles. The first-order valence-electron chi connectivity index (χ1n) is 42.2. The van der Waals surface area contributed by atoms with Gasteiger partial charge in [-0.1, -0.05) is 45.9 Å². The third kappa shape index (κ3) is 29.8. The molecule has 0 radical (unpaired) electrons. The second-order valence-electron chi connectivity index (χ2n) is 31.2. The van der Waals surface area contributed by atoms with E-state index in [1.54, 1.807) is 52.4 Å². The maximum absolute atomic E-state index is 14.4. The van der Waals surface area contributed by atoms with Gasteiger partial charge in [0.05, 0.1) is 151 Å². The van der Waals surface area contributed by atoms with Crippen LogP contribution in [0.25, 0.3) is 11.2 Å². The average molecular weight is 1870 g/mol. The number of carbonyl (C=O) groups excluding carboxylic acids is 10. The number of carbonyl (C=O) groups is 12. The number of nitrogen functional groups attached to an aromatic ring is 2. The molecule has 2 aromatic heterocycles. The van der Waals surface area contributed by atoms with Crippen LogP contribution in [0.2, 0.25) is 0 Å². The number of nitrogens with zero attached hydrogens (tertiary/aromatic N) is 8. The first-order chi connectivity index (χ1) is 62.5. The summed E-state index contributed by atoms with van der Waals surface area (Å²) in [6, 6.07) is 8.70. The Morgan fingerprint density at radius 2 is 1.34 bits per heavy atom. The number of rotatable bonds is 54. The van der Waals surface area contributed by atoms with Gasteiger partial charge in [-0.25, -0.2) is 24.4 Å². The third-order valence-corrected chi connectivity index (χ3v) is 25.3. The van der Waals surface area contributed by atoms with Gasteiger partial charge in [-0.3, -0.25) is 67.7 Å². The highest BCUT2D eigenvalue weighted by molar-refractivity contribution is 8.77. The molecule has 0 bridgehead atoms. The quantitative estimate of drug-likeness (QED) is 0.00860. The molecule has 2 unspecified atom stereocenters. The molecule has 10 amide bonds. The number of imide groups is 1. The second-order valence-corrected chi connectivity index (χ2v) is 35.5. The van der Waals surface area contributed by atoms with E-state index >= 15 is 0 Å². The number of amides is 10. The van der Waals surface area contributed by atoms with Gasteiger partial charge in [-0.2, -0.15) is 4.98 Å². The van der Waals surface area contributed by atoms with E-state index < -0.39 is 106 Å². The summed E-state index contributed by atoms with van der Waals surface area (Å²) in [5.74, 6) is -5.47. The van der Waals surface area contributed by atoms with Crippen molar-refractivity contribution in [2.45, 2.75) is 131 Å². The number of aliphatic imine (C=N–C) groups is 1. The van der Waals surface area contributed by atoms with Crippen LogP contribution in [0.15, 0.2) is 88.8 Å². The van der Waals surface area contributed by atoms with Gasteiger partial charge in [0.2, 0.25) is 41.4 Å². The third-order valence-electron chi connectivity index (χ3n) is 20.8. The summed E-state index contributed by atoms with van der Waals surface area (Å²) in [5.41, 5.74) is 15.8. The van der Waals surface area contributed by atoms with Crippen molar-refractivity contribution < 1.29 is 115 Å². The molecular weight excluding hydrogens is 1760 g/mol. The van der Waals surface area contributed by atoms with Gasteiger partial charge in [-0.05, 0) is 88.8 Å². The molecule has 130 heavy (non-hydrogen) atoms. The number of unbranched alkanes of at least 4 members (excludes halogenated alkanes) is 2. The number of ether oxygens (including phenoxy) is 10. The Morgan fingerprint density at radius 1 is 0.692 bits per heavy atom. The molecule has 13 N–H and O–H groups in total. The van der Waals surface area contributed by atoms with Gasteiger partial charge in [0.15, 0.2) is 40.4 Å². The molecule has 4 fully saturated rings. The summed E-state index contributed by atoms with van der Waals surface area (Å²) < 4.78 is 57.0. The van der Waals surface area contributed by atoms with Gasteiger partial charge in [0.25, 0.3) is 23.3 Å². The van der Waals surface area contributed by atoms with Crippen LogP contribution in [-0.2, 0) is 73.3 Å². The number of carboxylic acid groups (broad SMARTS) is 2. The Balaban J connectivity index is 0.493. The first kappa shape index (κ1) is 100. The Hall–Kier alpha value is -11.9. The van der Waals surface area contributed by atoms with Crippen LogP contribution in [0.4, 0.5) is 27.8 Å². The number of aliphatic carboxylic acids is 2. The lowest BCUT2D eigenvalue weighted by Gasteiger charge is -2.33. The Labute approximate surface area is 761 Å². The number of methoxy groups -OCH3 is 2. The zero-order valence-electron chi connectivity index (χ0n) is 72.7. The first-order valence-corrected chi connectivity index (χ1v) is 45.6. The molecule has 42 nitrogen and oxygen atoms in total. The number of nitrogens with one attached hydrogen (secondary N) is 7. The van der Waals surface area contributed by atoms with Gasteiger partial charge >= 0.3 is 18.0 Å². The van der Waals surface area contributed by atoms with Crippen molar-refractivity contribution in [3.8, 4) is 23.0 Å². The summed E-state index contributed by atoms with van der Waals surface area (Å²) >= 11 is 0.829. The maximum atomic E-state index is 14.4. The molecule has 10 rings (SSSR count). The number of hydrogen-bond donors (Lipinski definition) is 11. The zero-order valence-corrected chi connectivity index (χ0v) is 75.2. The number of benzene rings is 3. The minimum absolute atomic E-state index is 0.00398. The summed E-state index contributed by atoms with van der Waals surface area (Å²) in [5, 5.41) is 34.6. The van der Waals surface area contributed by atoms with Crippen LogP contribution in [0, 0.1) is 0 Å². The summed E-state index contributed by atoms with van der Waals surface area (Å²) in [7, 11) is 5.94. The molecule has 704 valence electrons. The number of H-pyrrole nitrogens is 1. The van der Waals surface area contributed by atoms with Gasteiger partial charge in [0.1, 0.15) is 18.7 Å². The van der Waals surface area contributed by atoms with E-state index in [-0.39, 0.29) is 201 Å². The van der Waals surface area contributed by atoms with Gasteiger partial charge in [0, 0.05) is 118 Å². The Kier molecular flexibility index (Phi) is 38.4. The average Bonchev–Trinajstić information content (AvgIpc) is 1.63. The smallest absolute Gasteiger partial charge is 0.412 e. The van der Waals surface area contributed by atoms with Crippen molar-refractivity contribution in [3.63, 3.8) is 0 Å². The highest BCUT2D eigenvalue weighted by atomic mass is 33.1. The minimum Gasteiger partial charge on any atom is -0.493 e. The predicted molar refractivity (Wildman–Crippen MR) is 480 cm³/mol. The maximum Gasteiger partial charge on any atom is 0.412 e. The fourth-order valence-corrected chi connectivity index (χ4v) is 17.6. The number of hydrogen-bond acceptors (Lipinski definition) is 33. The number of likely N-dealkylation sites (tertiary alicyclic amines) is 2. The molecule has 0 aliphatic carbocycles. The van der Waals surface area contributed by atoms with Crippen molar-refractivity contribution in [2.75, 3.05) is 168 Å². The fourth-order valence-electron chi connectivity index (χ4n) is 14.0. The summed E-state index contributed by atoms with van der Waals surface area (Å²) in [4.78, 5) is 193. The lowest BCUT2D eigenvalue weighted by atomic mass is 10.1. The summed E-state index contributed by atoms with van der Waals surface area (Å²) in [6.07, 6.45) is 3.90. The highest BCUT2D eigenvalue weighted by Crippen LogP contribution is 2.41. The number of thioether (sulfide) groups is 1. The van der Waals surface area contributed by atoms with E-state index in [4.69, 9.17) is 58.8 Å². The SMILES string of the molecule is C=C1C[C@H]2C=Nc3cc(OCCCCCOc4cc(N)c(C(=O)N5CC(=C)C[C@H]5C5OCCN5C(=O)OCC(C)(C)SSCCC(=O)NCCNC(=O)CCOCCOCCOCCOCCNC(=O)CCN5C(=O)CC(SC[C@H](NC(=O)CC[C@H](NC(=O)c6ccc(NCc7cnc8nc(N)[nH]c(=O)c8n7)cc6)C(=O)O)C(=O)O)C5=O)cc4OC)c(OC)cc3C(=O)N2C1. The summed E-state index contributed by atoms with van der Waals surface area (Å²) in [6.45, 7) is 16.3. The van der Waals surface area contributed by atoms with Crippen molar-refractivity contribution >= 4 is 145 Å². The number of aromatic nitrogens is 4. The van der Waals surface area contributed by atoms with Crippen LogP contribution in [-0.4, -0.2) is 318 Å². The number of fused-ring (bicyclic) bond motifs is 3. The molecule has 45 heteroatoms. The van der Waals surface area contributed by atoms with E-state index in [1.807, 2.05) is 13.8 Å². The van der Waals surface area contributed by atoms with Gasteiger partial charge in [-0.15, -0.1) is 11.8 Å². The van der Waals surface area contributed by atoms with Crippen molar-refractivity contribution in [1.82, 2.24) is 66.1 Å². The predicted octanol–water partition coefficient (Wildman–Crippen LogP) is 4.03. The zero-order chi connectivity index (χ0) is 93.4. The van der Waals surface area contributed by atoms with Crippen molar-refractivity contribution in [2.24, 2.45) is 4.99 Å². The Morgan fingerprint density at radius 3 is 2.03 bits per heavy atom. The molecule has 5 aliphatic rings. The normalized spacial score (nSPS) is 17.0. The second kappa shape index (κ2) is 49.8. The highest BCUT2D eigenvalue weighted by Gasteiger charge is 2.46. The number of anilines is 3. The van der Waals surface area contributed by atoms with E-state index in [1.165, 1.54) is 59.0 Å². The molecule has 5 aliphatic heterocycles. The molecule has 0 saturated carbocycles. The minimum atomic E-state index is -1.54. The monoisotopic (exact) mass is 1870 g/mol.